The molecule has 0 spiro atoms. The number of benzene rings is 1. The highest BCUT2D eigenvalue weighted by Crippen LogP contribution is 2.25. The number of hydrogen-bond donors (Lipinski definition) is 2. The Morgan fingerprint density at radius 1 is 1.32 bits per heavy atom. The smallest absolute Gasteiger partial charge is 0.321 e. The molecule has 3 amide bonds. The summed E-state index contributed by atoms with van der Waals surface area (Å²) < 4.78 is 1.84. The zero-order valence-corrected chi connectivity index (χ0v) is 16.1. The van der Waals surface area contributed by atoms with E-state index < -0.39 is 16.8 Å². The quantitative estimate of drug-likeness (QED) is 0.794. The lowest BCUT2D eigenvalue weighted by Crippen LogP contribution is -2.49. The SMILES string of the molecule is CC(Sc1nccn1-c1cccc(Cl)c1)C(=O)NC(=O)NC(C)(C)C. The minimum absolute atomic E-state index is 0.382. The van der Waals surface area contributed by atoms with Crippen molar-refractivity contribution in [2.45, 2.75) is 43.6 Å². The maximum Gasteiger partial charge on any atom is 0.321 e. The average Bonchev–Trinajstić information content (AvgIpc) is 2.93. The van der Waals surface area contributed by atoms with E-state index in [1.807, 2.05) is 43.5 Å². The fourth-order valence-electron chi connectivity index (χ4n) is 2.00. The molecule has 0 radical (unpaired) electrons. The highest BCUT2D eigenvalue weighted by molar-refractivity contribution is 8.00. The Bertz CT molecular complexity index is 770. The highest BCUT2D eigenvalue weighted by atomic mass is 35.5. The molecule has 0 bridgehead atoms. The van der Waals surface area contributed by atoms with Gasteiger partial charge in [0.15, 0.2) is 5.16 Å². The van der Waals surface area contributed by atoms with Gasteiger partial charge in [0.2, 0.25) is 5.91 Å². The number of hydrogen-bond acceptors (Lipinski definition) is 4. The Morgan fingerprint density at radius 3 is 2.68 bits per heavy atom. The minimum atomic E-state index is -0.511. The second-order valence-electron chi connectivity index (χ2n) is 6.51. The maximum absolute atomic E-state index is 12.2. The first-order valence-corrected chi connectivity index (χ1v) is 9.00. The van der Waals surface area contributed by atoms with Crippen LogP contribution in [-0.4, -0.2) is 32.3 Å². The molecule has 0 aliphatic heterocycles. The molecule has 1 heterocycles. The lowest BCUT2D eigenvalue weighted by Gasteiger charge is -2.21. The molecule has 1 aromatic heterocycles. The minimum Gasteiger partial charge on any atom is -0.333 e. The highest BCUT2D eigenvalue weighted by Gasteiger charge is 2.21. The number of imide groups is 1. The van der Waals surface area contributed by atoms with Gasteiger partial charge in [0, 0.05) is 28.6 Å². The molecule has 8 heteroatoms. The summed E-state index contributed by atoms with van der Waals surface area (Å²) in [6, 6.07) is 6.84. The van der Waals surface area contributed by atoms with Crippen molar-refractivity contribution in [3.63, 3.8) is 0 Å². The lowest BCUT2D eigenvalue weighted by atomic mass is 10.1. The molecule has 0 saturated carbocycles. The van der Waals surface area contributed by atoms with Gasteiger partial charge in [-0.25, -0.2) is 9.78 Å². The first kappa shape index (κ1) is 19.3. The average molecular weight is 381 g/mol. The van der Waals surface area contributed by atoms with E-state index in [2.05, 4.69) is 15.6 Å². The fraction of sp³-hybridized carbons (Fsp3) is 0.353. The summed E-state index contributed by atoms with van der Waals surface area (Å²) in [5.74, 6) is -0.382. The second-order valence-corrected chi connectivity index (χ2v) is 8.26. The maximum atomic E-state index is 12.2. The van der Waals surface area contributed by atoms with E-state index >= 15 is 0 Å². The number of nitrogens with zero attached hydrogens (tertiary/aromatic N) is 2. The number of aromatic nitrogens is 2. The number of carbonyl (C=O) groups excluding carboxylic acids is 2. The summed E-state index contributed by atoms with van der Waals surface area (Å²) in [5.41, 5.74) is 0.439. The third kappa shape index (κ3) is 5.79. The van der Waals surface area contributed by atoms with Gasteiger partial charge in [0.05, 0.1) is 5.25 Å². The Morgan fingerprint density at radius 2 is 2.04 bits per heavy atom. The zero-order chi connectivity index (χ0) is 18.6. The van der Waals surface area contributed by atoms with E-state index in [4.69, 9.17) is 11.6 Å². The van der Waals surface area contributed by atoms with E-state index in [-0.39, 0.29) is 5.91 Å². The van der Waals surface area contributed by atoms with Gasteiger partial charge in [-0.1, -0.05) is 29.4 Å². The summed E-state index contributed by atoms with van der Waals surface area (Å²) in [7, 11) is 0. The van der Waals surface area contributed by atoms with Crippen LogP contribution in [0.2, 0.25) is 5.02 Å². The van der Waals surface area contributed by atoms with Crippen molar-refractivity contribution in [1.82, 2.24) is 20.2 Å². The van der Waals surface area contributed by atoms with Crippen molar-refractivity contribution in [1.29, 1.82) is 0 Å². The largest absolute Gasteiger partial charge is 0.333 e. The van der Waals surface area contributed by atoms with Crippen molar-refractivity contribution in [2.24, 2.45) is 0 Å². The van der Waals surface area contributed by atoms with Gasteiger partial charge in [-0.05, 0) is 45.9 Å². The molecule has 1 atom stereocenters. The molecular formula is C17H21ClN4O2S. The third-order valence-corrected chi connectivity index (χ3v) is 4.39. The number of thioether (sulfide) groups is 1. The Balaban J connectivity index is 2.04. The molecule has 0 saturated heterocycles. The number of nitrogens with one attached hydrogen (secondary N) is 2. The van der Waals surface area contributed by atoms with Crippen LogP contribution in [0.15, 0.2) is 41.8 Å². The van der Waals surface area contributed by atoms with Gasteiger partial charge < -0.3 is 5.32 Å². The van der Waals surface area contributed by atoms with Crippen LogP contribution >= 0.6 is 23.4 Å². The standard InChI is InChI=1S/C17H21ClN4O2S/c1-11(14(23)20-15(24)21-17(2,3)4)25-16-19-8-9-22(16)13-7-5-6-12(18)10-13/h5-11H,1-4H3,(H2,20,21,23,24). The van der Waals surface area contributed by atoms with Gasteiger partial charge >= 0.3 is 6.03 Å². The van der Waals surface area contributed by atoms with Crippen molar-refractivity contribution in [3.8, 4) is 5.69 Å². The molecule has 2 aromatic rings. The van der Waals surface area contributed by atoms with E-state index in [1.54, 1.807) is 25.4 Å². The number of carbonyl (C=O) groups is 2. The number of halogens is 1. The second kappa shape index (κ2) is 7.93. The molecule has 1 aromatic carbocycles. The van der Waals surface area contributed by atoms with Crippen LogP contribution in [0.1, 0.15) is 27.7 Å². The first-order chi connectivity index (χ1) is 11.7. The number of amides is 3. The Hall–Kier alpha value is -1.99. The predicted molar refractivity (Wildman–Crippen MR) is 100 cm³/mol. The van der Waals surface area contributed by atoms with Crippen LogP contribution < -0.4 is 10.6 Å². The molecule has 25 heavy (non-hydrogen) atoms. The molecule has 1 unspecified atom stereocenters. The van der Waals surface area contributed by atoms with Crippen molar-refractivity contribution in [2.75, 3.05) is 0 Å². The number of urea groups is 1. The van der Waals surface area contributed by atoms with E-state index in [0.29, 0.717) is 10.2 Å². The first-order valence-electron chi connectivity index (χ1n) is 7.75. The van der Waals surface area contributed by atoms with Crippen LogP contribution in [0.25, 0.3) is 5.69 Å². The monoisotopic (exact) mass is 380 g/mol. The summed E-state index contributed by atoms with van der Waals surface area (Å²) in [4.78, 5) is 28.3. The molecule has 0 aliphatic carbocycles. The zero-order valence-electron chi connectivity index (χ0n) is 14.5. The lowest BCUT2D eigenvalue weighted by molar-refractivity contribution is -0.119. The van der Waals surface area contributed by atoms with Crippen LogP contribution in [-0.2, 0) is 4.79 Å². The molecule has 2 rings (SSSR count). The van der Waals surface area contributed by atoms with E-state index in [9.17, 15) is 9.59 Å². The van der Waals surface area contributed by atoms with Crippen LogP contribution in [0, 0.1) is 0 Å². The summed E-state index contributed by atoms with van der Waals surface area (Å²) >= 11 is 7.29. The van der Waals surface area contributed by atoms with Crippen LogP contribution in [0.3, 0.4) is 0 Å². The predicted octanol–water partition coefficient (Wildman–Crippen LogP) is 3.63. The molecular weight excluding hydrogens is 360 g/mol. The molecule has 0 aliphatic rings. The molecule has 134 valence electrons. The molecule has 2 N–H and O–H groups in total. The molecule has 6 nitrogen and oxygen atoms in total. The van der Waals surface area contributed by atoms with Gasteiger partial charge in [0.25, 0.3) is 0 Å². The summed E-state index contributed by atoms with van der Waals surface area (Å²) in [6.07, 6.45) is 3.45. The fourth-order valence-corrected chi connectivity index (χ4v) is 3.06. The van der Waals surface area contributed by atoms with Crippen LogP contribution in [0.4, 0.5) is 4.79 Å². The number of rotatable bonds is 4. The van der Waals surface area contributed by atoms with E-state index in [1.165, 1.54) is 11.8 Å². The van der Waals surface area contributed by atoms with Crippen molar-refractivity contribution in [3.05, 3.63) is 41.7 Å². The topological polar surface area (TPSA) is 76.0 Å². The Labute approximate surface area is 156 Å². The third-order valence-electron chi connectivity index (χ3n) is 3.07. The summed E-state index contributed by atoms with van der Waals surface area (Å²) in [5, 5.41) is 5.80. The summed E-state index contributed by atoms with van der Waals surface area (Å²) in [6.45, 7) is 7.26. The molecule has 0 fully saturated rings. The van der Waals surface area contributed by atoms with E-state index in [0.717, 1.165) is 5.69 Å². The number of imidazole rings is 1. The van der Waals surface area contributed by atoms with Gasteiger partial charge in [-0.3, -0.25) is 14.7 Å². The van der Waals surface area contributed by atoms with Gasteiger partial charge in [-0.2, -0.15) is 0 Å². The van der Waals surface area contributed by atoms with Crippen molar-refractivity contribution >= 4 is 35.3 Å². The normalized spacial score (nSPS) is 12.5. The Kier molecular flexibility index (Phi) is 6.13. The van der Waals surface area contributed by atoms with Crippen molar-refractivity contribution < 1.29 is 9.59 Å². The van der Waals surface area contributed by atoms with Crippen LogP contribution in [0.5, 0.6) is 0 Å². The van der Waals surface area contributed by atoms with Gasteiger partial charge in [0.1, 0.15) is 0 Å². The van der Waals surface area contributed by atoms with Gasteiger partial charge in [-0.15, -0.1) is 0 Å².